The SMILES string of the molecule is O=P(O)(O)OC1O[C@@H]([C@H](O)CF)[C@H](O)[C@H]1OP(=O)(O)O. The maximum atomic E-state index is 12.3. The van der Waals surface area contributed by atoms with Crippen molar-refractivity contribution < 1.29 is 57.1 Å². The molecule has 0 saturated carbocycles. The van der Waals surface area contributed by atoms with E-state index < -0.39 is 53.0 Å². The lowest BCUT2D eigenvalue weighted by atomic mass is 10.1. The summed E-state index contributed by atoms with van der Waals surface area (Å²) in [5.74, 6) is 0. The Morgan fingerprint density at radius 3 is 2.05 bits per heavy atom. The van der Waals surface area contributed by atoms with Crippen molar-refractivity contribution in [3.05, 3.63) is 0 Å². The first-order valence-electron chi connectivity index (χ1n) is 5.00. The Kier molecular flexibility index (Phi) is 5.81. The number of aliphatic hydroxyl groups excluding tert-OH is 2. The van der Waals surface area contributed by atoms with Gasteiger partial charge in [0.25, 0.3) is 0 Å². The second-order valence-corrected chi connectivity index (χ2v) is 6.22. The molecule has 1 unspecified atom stereocenters. The van der Waals surface area contributed by atoms with Gasteiger partial charge >= 0.3 is 15.6 Å². The molecule has 0 aliphatic carbocycles. The normalized spacial score (nSPS) is 33.4. The molecule has 11 nitrogen and oxygen atoms in total. The standard InChI is InChI=1S/C6H13FO11P2/c7-1-2(8)4-3(9)5(17-19(10,11)12)6(16-4)18-20(13,14)15/h2-6,8-9H,1H2,(H2,10,11,12)(H2,13,14,15)/t2-,3+,4+,5-,6?/m1/s1. The molecule has 0 aromatic carbocycles. The fraction of sp³-hybridized carbons (Fsp3) is 1.00. The van der Waals surface area contributed by atoms with Crippen LogP contribution < -0.4 is 0 Å². The summed E-state index contributed by atoms with van der Waals surface area (Å²) in [6.45, 7) is -1.38. The molecule has 0 aromatic heterocycles. The van der Waals surface area contributed by atoms with Gasteiger partial charge < -0.3 is 34.5 Å². The highest BCUT2D eigenvalue weighted by Crippen LogP contribution is 2.47. The van der Waals surface area contributed by atoms with Gasteiger partial charge in [0, 0.05) is 0 Å². The Morgan fingerprint density at radius 1 is 1.15 bits per heavy atom. The van der Waals surface area contributed by atoms with E-state index in [1.54, 1.807) is 0 Å². The summed E-state index contributed by atoms with van der Waals surface area (Å²) in [5.41, 5.74) is 0. The summed E-state index contributed by atoms with van der Waals surface area (Å²) in [7, 11) is -10.3. The maximum absolute atomic E-state index is 12.3. The summed E-state index contributed by atoms with van der Waals surface area (Å²) in [6.07, 6.45) is -9.77. The van der Waals surface area contributed by atoms with Gasteiger partial charge in [0.05, 0.1) is 0 Å². The minimum atomic E-state index is -5.17. The van der Waals surface area contributed by atoms with Crippen LogP contribution in [0.15, 0.2) is 0 Å². The van der Waals surface area contributed by atoms with E-state index in [2.05, 4.69) is 13.8 Å². The van der Waals surface area contributed by atoms with Crippen molar-refractivity contribution in [2.75, 3.05) is 6.67 Å². The van der Waals surface area contributed by atoms with E-state index in [9.17, 15) is 23.7 Å². The van der Waals surface area contributed by atoms with Gasteiger partial charge in [-0.15, -0.1) is 0 Å². The molecule has 1 aliphatic rings. The topological polar surface area (TPSA) is 183 Å². The van der Waals surface area contributed by atoms with Gasteiger partial charge in [0.1, 0.15) is 31.1 Å². The number of halogens is 1. The second-order valence-electron chi connectivity index (χ2n) is 3.84. The summed E-state index contributed by atoms with van der Waals surface area (Å²) >= 11 is 0. The van der Waals surface area contributed by atoms with Crippen LogP contribution in [0.25, 0.3) is 0 Å². The molecule has 6 N–H and O–H groups in total. The first-order valence-corrected chi connectivity index (χ1v) is 8.06. The molecule has 1 rings (SSSR count). The molecule has 0 spiro atoms. The van der Waals surface area contributed by atoms with Crippen LogP contribution in [-0.2, 0) is 22.9 Å². The quantitative estimate of drug-likeness (QED) is 0.293. The zero-order valence-corrected chi connectivity index (χ0v) is 11.4. The molecule has 20 heavy (non-hydrogen) atoms. The fourth-order valence-electron chi connectivity index (χ4n) is 1.56. The zero-order chi connectivity index (χ0) is 15.7. The van der Waals surface area contributed by atoms with Crippen molar-refractivity contribution in [1.82, 2.24) is 0 Å². The van der Waals surface area contributed by atoms with E-state index in [1.165, 1.54) is 0 Å². The predicted octanol–water partition coefficient (Wildman–Crippen LogP) is -2.01. The smallest absolute Gasteiger partial charge is 0.388 e. The van der Waals surface area contributed by atoms with Gasteiger partial charge in [-0.25, -0.2) is 13.5 Å². The highest BCUT2D eigenvalue weighted by Gasteiger charge is 2.52. The van der Waals surface area contributed by atoms with E-state index in [0.717, 1.165) is 0 Å². The third-order valence-corrected chi connectivity index (χ3v) is 3.27. The third kappa shape index (κ3) is 5.10. The van der Waals surface area contributed by atoms with E-state index in [1.807, 2.05) is 0 Å². The van der Waals surface area contributed by atoms with Crippen LogP contribution in [0.5, 0.6) is 0 Å². The van der Waals surface area contributed by atoms with Crippen LogP contribution in [0.3, 0.4) is 0 Å². The average molecular weight is 342 g/mol. The Balaban J connectivity index is 2.94. The Hall–Kier alpha value is 0.0300. The van der Waals surface area contributed by atoms with Crippen LogP contribution in [-0.4, -0.2) is 67.2 Å². The molecular weight excluding hydrogens is 329 g/mol. The van der Waals surface area contributed by atoms with Crippen molar-refractivity contribution in [1.29, 1.82) is 0 Å². The van der Waals surface area contributed by atoms with E-state index in [0.29, 0.717) is 0 Å². The number of rotatable bonds is 6. The lowest BCUT2D eigenvalue weighted by Gasteiger charge is -2.21. The molecular formula is C6H13FO11P2. The summed E-state index contributed by atoms with van der Waals surface area (Å²) < 4.78 is 46.5. The lowest BCUT2D eigenvalue weighted by molar-refractivity contribution is -0.140. The number of phosphoric acid groups is 2. The summed E-state index contributed by atoms with van der Waals surface area (Å²) in [4.78, 5) is 34.5. The van der Waals surface area contributed by atoms with Crippen molar-refractivity contribution >= 4 is 15.6 Å². The largest absolute Gasteiger partial charge is 0.472 e. The van der Waals surface area contributed by atoms with Gasteiger partial charge in [0.15, 0.2) is 6.29 Å². The maximum Gasteiger partial charge on any atom is 0.472 e. The molecule has 0 bridgehead atoms. The molecule has 1 fully saturated rings. The molecule has 1 aliphatic heterocycles. The van der Waals surface area contributed by atoms with Gasteiger partial charge in [-0.3, -0.25) is 9.05 Å². The minimum Gasteiger partial charge on any atom is -0.388 e. The fourth-order valence-corrected chi connectivity index (χ4v) is 2.54. The monoisotopic (exact) mass is 342 g/mol. The van der Waals surface area contributed by atoms with Crippen molar-refractivity contribution in [3.8, 4) is 0 Å². The summed E-state index contributed by atoms with van der Waals surface area (Å²) in [6, 6.07) is 0. The number of hydrogen-bond acceptors (Lipinski definition) is 7. The number of hydrogen-bond donors (Lipinski definition) is 6. The van der Waals surface area contributed by atoms with Gasteiger partial charge in [-0.05, 0) is 0 Å². The van der Waals surface area contributed by atoms with Crippen LogP contribution in [0.1, 0.15) is 0 Å². The molecule has 120 valence electrons. The first-order chi connectivity index (χ1) is 8.94. The zero-order valence-electron chi connectivity index (χ0n) is 9.59. The summed E-state index contributed by atoms with van der Waals surface area (Å²) in [5, 5.41) is 18.8. The molecule has 1 heterocycles. The minimum absolute atomic E-state index is 1.38. The Labute approximate surface area is 111 Å². The lowest BCUT2D eigenvalue weighted by Crippen LogP contribution is -2.40. The predicted molar refractivity (Wildman–Crippen MR) is 56.7 cm³/mol. The van der Waals surface area contributed by atoms with E-state index in [-0.39, 0.29) is 0 Å². The second kappa shape index (κ2) is 6.42. The Morgan fingerprint density at radius 2 is 1.65 bits per heavy atom. The third-order valence-electron chi connectivity index (χ3n) is 2.27. The van der Waals surface area contributed by atoms with Gasteiger partial charge in [-0.2, -0.15) is 0 Å². The van der Waals surface area contributed by atoms with Crippen LogP contribution in [0, 0.1) is 0 Å². The number of phosphoric ester groups is 2. The molecule has 14 heteroatoms. The molecule has 5 atom stereocenters. The van der Waals surface area contributed by atoms with Crippen LogP contribution >= 0.6 is 15.6 Å². The molecule has 0 amide bonds. The highest BCUT2D eigenvalue weighted by atomic mass is 31.2. The van der Waals surface area contributed by atoms with Crippen LogP contribution in [0.2, 0.25) is 0 Å². The van der Waals surface area contributed by atoms with Gasteiger partial charge in [-0.1, -0.05) is 0 Å². The average Bonchev–Trinajstić information content (AvgIpc) is 2.52. The van der Waals surface area contributed by atoms with E-state index >= 15 is 0 Å². The van der Waals surface area contributed by atoms with Gasteiger partial charge in [0.2, 0.25) is 0 Å². The first kappa shape index (κ1) is 18.1. The van der Waals surface area contributed by atoms with Crippen LogP contribution in [0.4, 0.5) is 4.39 Å². The number of ether oxygens (including phenoxy) is 1. The van der Waals surface area contributed by atoms with E-state index in [4.69, 9.17) is 19.6 Å². The van der Waals surface area contributed by atoms with Crippen molar-refractivity contribution in [3.63, 3.8) is 0 Å². The molecule has 0 radical (unpaired) electrons. The number of aliphatic hydroxyl groups is 2. The van der Waals surface area contributed by atoms with Crippen molar-refractivity contribution in [2.45, 2.75) is 30.7 Å². The number of alkyl halides is 1. The van der Waals surface area contributed by atoms with Crippen molar-refractivity contribution in [2.24, 2.45) is 0 Å². The Bertz CT molecular complexity index is 419. The molecule has 1 saturated heterocycles. The molecule has 0 aromatic rings. The highest BCUT2D eigenvalue weighted by molar-refractivity contribution is 7.46.